The number of nitrogens with one attached hydrogen (secondary N) is 1. The Bertz CT molecular complexity index is 942. The molecule has 0 radical (unpaired) electrons. The van der Waals surface area contributed by atoms with Gasteiger partial charge < -0.3 is 15.0 Å². The number of benzene rings is 1. The normalized spacial score (nSPS) is 24.4. The van der Waals surface area contributed by atoms with Gasteiger partial charge in [-0.15, -0.1) is 0 Å². The van der Waals surface area contributed by atoms with E-state index in [1.54, 1.807) is 4.90 Å². The van der Waals surface area contributed by atoms with Crippen LogP contribution in [0.2, 0.25) is 0 Å². The Hall–Kier alpha value is -2.42. The molecule has 158 valence electrons. The van der Waals surface area contributed by atoms with Gasteiger partial charge in [0, 0.05) is 24.7 Å². The molecule has 0 aromatic heterocycles. The summed E-state index contributed by atoms with van der Waals surface area (Å²) < 4.78 is 28.3. The molecule has 2 heterocycles. The lowest BCUT2D eigenvalue weighted by molar-refractivity contribution is -0.158. The molecule has 3 rings (SSSR count). The van der Waals surface area contributed by atoms with Crippen molar-refractivity contribution in [3.05, 3.63) is 29.3 Å². The summed E-state index contributed by atoms with van der Waals surface area (Å²) in [5, 5.41) is 2.61. The highest BCUT2D eigenvalue weighted by Gasteiger charge is 2.38. The van der Waals surface area contributed by atoms with Crippen LogP contribution >= 0.6 is 0 Å². The van der Waals surface area contributed by atoms with Crippen molar-refractivity contribution in [1.82, 2.24) is 5.32 Å². The summed E-state index contributed by atoms with van der Waals surface area (Å²) in [6.07, 6.45) is -0.673. The van der Waals surface area contributed by atoms with Crippen LogP contribution in [0.25, 0.3) is 0 Å². The first-order chi connectivity index (χ1) is 13.6. The molecule has 3 atom stereocenters. The van der Waals surface area contributed by atoms with Crippen molar-refractivity contribution in [2.24, 2.45) is 5.92 Å². The summed E-state index contributed by atoms with van der Waals surface area (Å²) in [7, 11) is -3.11. The van der Waals surface area contributed by atoms with Gasteiger partial charge in [-0.3, -0.25) is 14.4 Å². The lowest BCUT2D eigenvalue weighted by Crippen LogP contribution is -2.43. The Labute approximate surface area is 170 Å². The van der Waals surface area contributed by atoms with Crippen LogP contribution in [-0.4, -0.2) is 56.4 Å². The molecular formula is C20H26N2O6S. The van der Waals surface area contributed by atoms with Gasteiger partial charge in [0.25, 0.3) is 5.91 Å². The number of anilines is 1. The number of nitrogens with zero attached hydrogens (tertiary/aromatic N) is 1. The van der Waals surface area contributed by atoms with Gasteiger partial charge in [0.15, 0.2) is 15.9 Å². The number of carbonyl (C=O) groups is 3. The van der Waals surface area contributed by atoms with Crippen LogP contribution in [-0.2, 0) is 29.0 Å². The maximum atomic E-state index is 12.5. The molecule has 2 amide bonds. The summed E-state index contributed by atoms with van der Waals surface area (Å²) >= 11 is 0. The van der Waals surface area contributed by atoms with Crippen molar-refractivity contribution in [2.75, 3.05) is 23.0 Å². The first-order valence-corrected chi connectivity index (χ1v) is 11.5. The molecule has 29 heavy (non-hydrogen) atoms. The van der Waals surface area contributed by atoms with Gasteiger partial charge in [-0.1, -0.05) is 12.1 Å². The summed E-state index contributed by atoms with van der Waals surface area (Å²) in [6.45, 7) is 5.54. The second-order valence-electron chi connectivity index (χ2n) is 7.81. The molecule has 2 saturated heterocycles. The monoisotopic (exact) mass is 422 g/mol. The Morgan fingerprint density at radius 2 is 2.00 bits per heavy atom. The second-order valence-corrected chi connectivity index (χ2v) is 10.0. The number of carbonyl (C=O) groups excluding carboxylic acids is 3. The molecule has 8 nitrogen and oxygen atoms in total. The zero-order valence-electron chi connectivity index (χ0n) is 16.8. The molecule has 2 aliphatic rings. The Morgan fingerprint density at radius 3 is 2.66 bits per heavy atom. The summed E-state index contributed by atoms with van der Waals surface area (Å²) in [5.74, 6) is -1.99. The number of hydrogen-bond donors (Lipinski definition) is 1. The number of rotatable bonds is 5. The first-order valence-electron chi connectivity index (χ1n) is 9.65. The third-order valence-electron chi connectivity index (χ3n) is 5.57. The molecule has 0 aliphatic carbocycles. The van der Waals surface area contributed by atoms with Crippen molar-refractivity contribution in [1.29, 1.82) is 0 Å². The average molecular weight is 423 g/mol. The molecule has 0 spiro atoms. The van der Waals surface area contributed by atoms with Crippen molar-refractivity contribution in [2.45, 2.75) is 45.8 Å². The fourth-order valence-corrected chi connectivity index (χ4v) is 5.35. The first kappa shape index (κ1) is 21.3. The van der Waals surface area contributed by atoms with E-state index in [2.05, 4.69) is 5.32 Å². The van der Waals surface area contributed by atoms with Gasteiger partial charge in [0.2, 0.25) is 5.91 Å². The van der Waals surface area contributed by atoms with E-state index in [-0.39, 0.29) is 30.4 Å². The number of esters is 1. The minimum absolute atomic E-state index is 0.0292. The smallest absolute Gasteiger partial charge is 0.312 e. The van der Waals surface area contributed by atoms with E-state index in [1.165, 1.54) is 6.92 Å². The number of amides is 2. The minimum atomic E-state index is -3.11. The predicted octanol–water partition coefficient (Wildman–Crippen LogP) is 0.891. The maximum Gasteiger partial charge on any atom is 0.312 e. The Morgan fingerprint density at radius 1 is 1.28 bits per heavy atom. The summed E-state index contributed by atoms with van der Waals surface area (Å²) in [6, 6.07) is 5.22. The third kappa shape index (κ3) is 4.77. The van der Waals surface area contributed by atoms with Gasteiger partial charge >= 0.3 is 5.97 Å². The molecule has 9 heteroatoms. The van der Waals surface area contributed by atoms with E-state index < -0.39 is 39.8 Å². The highest BCUT2D eigenvalue weighted by molar-refractivity contribution is 7.91. The second kappa shape index (κ2) is 8.14. The summed E-state index contributed by atoms with van der Waals surface area (Å²) in [5.41, 5.74) is 2.81. The van der Waals surface area contributed by atoms with Gasteiger partial charge in [0.1, 0.15) is 0 Å². The standard InChI is InChI=1S/C20H26N2O6S/c1-12-5-4-6-17(13(12)2)22-10-15(9-18(22)23)20(25)28-14(3)19(24)21-16-7-8-29(26,27)11-16/h4-6,14-16H,7-11H2,1-3H3,(H,21,24)/t14-,15-,16-/m1/s1. The quantitative estimate of drug-likeness (QED) is 0.706. The fourth-order valence-electron chi connectivity index (χ4n) is 3.68. The largest absolute Gasteiger partial charge is 0.452 e. The molecule has 1 aromatic carbocycles. The van der Waals surface area contributed by atoms with Gasteiger partial charge in [0.05, 0.1) is 17.4 Å². The highest BCUT2D eigenvalue weighted by Crippen LogP contribution is 2.30. The van der Waals surface area contributed by atoms with Crippen molar-refractivity contribution in [3.63, 3.8) is 0 Å². The van der Waals surface area contributed by atoms with E-state index in [0.29, 0.717) is 6.42 Å². The van der Waals surface area contributed by atoms with Gasteiger partial charge in [-0.2, -0.15) is 0 Å². The highest BCUT2D eigenvalue weighted by atomic mass is 32.2. The van der Waals surface area contributed by atoms with E-state index in [0.717, 1.165) is 16.8 Å². The van der Waals surface area contributed by atoms with Crippen molar-refractivity contribution in [3.8, 4) is 0 Å². The topological polar surface area (TPSA) is 110 Å². The van der Waals surface area contributed by atoms with Crippen LogP contribution in [0.4, 0.5) is 5.69 Å². The van der Waals surface area contributed by atoms with Crippen LogP contribution in [0.3, 0.4) is 0 Å². The number of aryl methyl sites for hydroxylation is 1. The van der Waals surface area contributed by atoms with Crippen molar-refractivity contribution >= 4 is 33.3 Å². The SMILES string of the molecule is Cc1cccc(N2C[C@H](C(=O)O[C@H](C)C(=O)N[C@@H]3CCS(=O)(=O)C3)CC2=O)c1C. The van der Waals surface area contributed by atoms with Crippen LogP contribution < -0.4 is 10.2 Å². The fraction of sp³-hybridized carbons (Fsp3) is 0.550. The minimum Gasteiger partial charge on any atom is -0.452 e. The molecule has 2 fully saturated rings. The van der Waals surface area contributed by atoms with Gasteiger partial charge in [-0.25, -0.2) is 8.42 Å². The van der Waals surface area contributed by atoms with E-state index in [4.69, 9.17) is 4.74 Å². The zero-order valence-corrected chi connectivity index (χ0v) is 17.6. The molecule has 0 saturated carbocycles. The molecular weight excluding hydrogens is 396 g/mol. The average Bonchev–Trinajstić information content (AvgIpc) is 3.19. The maximum absolute atomic E-state index is 12.5. The lowest BCUT2D eigenvalue weighted by atomic mass is 10.1. The molecule has 2 aliphatic heterocycles. The van der Waals surface area contributed by atoms with Crippen LogP contribution in [0.5, 0.6) is 0 Å². The molecule has 1 N–H and O–H groups in total. The predicted molar refractivity (Wildman–Crippen MR) is 107 cm³/mol. The Balaban J connectivity index is 1.57. The van der Waals surface area contributed by atoms with Crippen LogP contribution in [0.15, 0.2) is 18.2 Å². The zero-order chi connectivity index (χ0) is 21.3. The molecule has 0 unspecified atom stereocenters. The van der Waals surface area contributed by atoms with E-state index in [9.17, 15) is 22.8 Å². The Kier molecular flexibility index (Phi) is 5.97. The molecule has 1 aromatic rings. The summed E-state index contributed by atoms with van der Waals surface area (Å²) in [4.78, 5) is 38.8. The number of ether oxygens (including phenoxy) is 1. The van der Waals surface area contributed by atoms with E-state index in [1.807, 2.05) is 32.0 Å². The van der Waals surface area contributed by atoms with Crippen LogP contribution in [0, 0.1) is 19.8 Å². The number of hydrogen-bond acceptors (Lipinski definition) is 6. The van der Waals surface area contributed by atoms with Gasteiger partial charge in [-0.05, 0) is 44.4 Å². The van der Waals surface area contributed by atoms with Crippen molar-refractivity contribution < 1.29 is 27.5 Å². The lowest BCUT2D eigenvalue weighted by Gasteiger charge is -2.21. The third-order valence-corrected chi connectivity index (χ3v) is 7.33. The van der Waals surface area contributed by atoms with E-state index >= 15 is 0 Å². The molecule has 0 bridgehead atoms. The number of sulfone groups is 1. The van der Waals surface area contributed by atoms with Crippen LogP contribution in [0.1, 0.15) is 30.9 Å².